The fourth-order valence-corrected chi connectivity index (χ4v) is 3.33. The Labute approximate surface area is 142 Å². The van der Waals surface area contributed by atoms with Crippen molar-refractivity contribution in [2.45, 2.75) is 32.6 Å². The highest BCUT2D eigenvalue weighted by atomic mass is 16.2. The smallest absolute Gasteiger partial charge is 0.233 e. The molecule has 0 radical (unpaired) electrons. The quantitative estimate of drug-likeness (QED) is 0.766. The first kappa shape index (κ1) is 16.4. The lowest BCUT2D eigenvalue weighted by atomic mass is 10.0. The highest BCUT2D eigenvalue weighted by molar-refractivity contribution is 6.03. The summed E-state index contributed by atoms with van der Waals surface area (Å²) in [5.41, 5.74) is 3.54. The minimum absolute atomic E-state index is 0.0337. The third-order valence-corrected chi connectivity index (χ3v) is 4.67. The molecule has 2 aromatic rings. The van der Waals surface area contributed by atoms with Gasteiger partial charge in [0, 0.05) is 26.2 Å². The van der Waals surface area contributed by atoms with E-state index >= 15 is 0 Å². The van der Waals surface area contributed by atoms with Crippen LogP contribution in [0, 0.1) is 12.8 Å². The van der Waals surface area contributed by atoms with Gasteiger partial charge < -0.3 is 0 Å². The van der Waals surface area contributed by atoms with Crippen molar-refractivity contribution in [2.24, 2.45) is 13.0 Å². The maximum Gasteiger partial charge on any atom is 0.233 e. The SMILES string of the molecule is Cc1ccccc1CCCN1C(=O)C[C@@H](Cc2cnn(C)c2)C1=O. The fraction of sp³-hybridized carbons (Fsp3) is 0.421. The lowest BCUT2D eigenvalue weighted by molar-refractivity contribution is -0.139. The van der Waals surface area contributed by atoms with E-state index in [2.05, 4.69) is 24.2 Å². The van der Waals surface area contributed by atoms with Gasteiger partial charge in [0.25, 0.3) is 0 Å². The number of imide groups is 1. The number of aryl methyl sites for hydroxylation is 3. The molecule has 0 unspecified atom stereocenters. The fourth-order valence-electron chi connectivity index (χ4n) is 3.33. The van der Waals surface area contributed by atoms with Crippen LogP contribution in [0.4, 0.5) is 0 Å². The minimum atomic E-state index is -0.236. The van der Waals surface area contributed by atoms with Gasteiger partial charge in [0.1, 0.15) is 0 Å². The zero-order valence-electron chi connectivity index (χ0n) is 14.2. The van der Waals surface area contributed by atoms with Crippen molar-refractivity contribution < 1.29 is 9.59 Å². The molecule has 1 aromatic heterocycles. The molecule has 0 spiro atoms. The molecular formula is C19H23N3O2. The molecule has 1 saturated heterocycles. The lowest BCUT2D eigenvalue weighted by Gasteiger charge is -2.15. The normalized spacial score (nSPS) is 17.8. The van der Waals surface area contributed by atoms with Gasteiger partial charge in [-0.05, 0) is 42.9 Å². The van der Waals surface area contributed by atoms with Crippen LogP contribution in [0.25, 0.3) is 0 Å². The van der Waals surface area contributed by atoms with Crippen molar-refractivity contribution in [1.82, 2.24) is 14.7 Å². The molecule has 1 aliphatic rings. The van der Waals surface area contributed by atoms with E-state index in [1.165, 1.54) is 16.0 Å². The van der Waals surface area contributed by atoms with E-state index in [9.17, 15) is 9.59 Å². The number of amides is 2. The molecule has 1 aliphatic heterocycles. The zero-order chi connectivity index (χ0) is 17.1. The van der Waals surface area contributed by atoms with E-state index in [0.29, 0.717) is 19.4 Å². The van der Waals surface area contributed by atoms with Crippen molar-refractivity contribution in [3.63, 3.8) is 0 Å². The van der Waals surface area contributed by atoms with Gasteiger partial charge in [0.05, 0.1) is 12.1 Å². The minimum Gasteiger partial charge on any atom is -0.282 e. The molecule has 5 heteroatoms. The number of benzene rings is 1. The van der Waals surface area contributed by atoms with Crippen LogP contribution >= 0.6 is 0 Å². The summed E-state index contributed by atoms with van der Waals surface area (Å²) in [5, 5.41) is 4.12. The Morgan fingerprint density at radius 1 is 1.25 bits per heavy atom. The summed E-state index contributed by atoms with van der Waals surface area (Å²) < 4.78 is 1.72. The summed E-state index contributed by atoms with van der Waals surface area (Å²) in [6.07, 6.45) is 6.26. The van der Waals surface area contributed by atoms with E-state index in [4.69, 9.17) is 0 Å². The molecule has 2 amide bonds. The van der Waals surface area contributed by atoms with Crippen LogP contribution in [-0.4, -0.2) is 33.0 Å². The Morgan fingerprint density at radius 2 is 2.04 bits per heavy atom. The summed E-state index contributed by atoms with van der Waals surface area (Å²) in [4.78, 5) is 26.1. The molecule has 1 atom stereocenters. The second-order valence-corrected chi connectivity index (χ2v) is 6.54. The molecule has 1 aromatic carbocycles. The van der Waals surface area contributed by atoms with Gasteiger partial charge in [-0.1, -0.05) is 24.3 Å². The molecular weight excluding hydrogens is 302 g/mol. The molecule has 126 valence electrons. The van der Waals surface area contributed by atoms with Gasteiger partial charge in [0.15, 0.2) is 0 Å². The summed E-state index contributed by atoms with van der Waals surface area (Å²) in [6, 6.07) is 8.24. The molecule has 0 N–H and O–H groups in total. The predicted molar refractivity (Wildman–Crippen MR) is 91.2 cm³/mol. The first-order valence-corrected chi connectivity index (χ1v) is 8.41. The Hall–Kier alpha value is -2.43. The van der Waals surface area contributed by atoms with Gasteiger partial charge in [-0.25, -0.2) is 0 Å². The topological polar surface area (TPSA) is 55.2 Å². The van der Waals surface area contributed by atoms with E-state index in [-0.39, 0.29) is 17.7 Å². The van der Waals surface area contributed by atoms with Crippen molar-refractivity contribution in [3.8, 4) is 0 Å². The molecule has 1 fully saturated rings. The molecule has 3 rings (SSSR count). The van der Waals surface area contributed by atoms with Crippen LogP contribution in [0.15, 0.2) is 36.7 Å². The second-order valence-electron chi connectivity index (χ2n) is 6.54. The number of hydrogen-bond donors (Lipinski definition) is 0. The van der Waals surface area contributed by atoms with Gasteiger partial charge in [-0.3, -0.25) is 19.2 Å². The number of aromatic nitrogens is 2. The van der Waals surface area contributed by atoms with Gasteiger partial charge in [0.2, 0.25) is 11.8 Å². The van der Waals surface area contributed by atoms with Crippen LogP contribution in [0.1, 0.15) is 29.5 Å². The molecule has 24 heavy (non-hydrogen) atoms. The van der Waals surface area contributed by atoms with Crippen LogP contribution < -0.4 is 0 Å². The number of hydrogen-bond acceptors (Lipinski definition) is 3. The number of likely N-dealkylation sites (tertiary alicyclic amines) is 1. The third-order valence-electron chi connectivity index (χ3n) is 4.67. The average Bonchev–Trinajstić information content (AvgIpc) is 3.07. The first-order chi connectivity index (χ1) is 11.5. The van der Waals surface area contributed by atoms with E-state index in [1.54, 1.807) is 10.9 Å². The van der Waals surface area contributed by atoms with Gasteiger partial charge in [-0.2, -0.15) is 5.10 Å². The Morgan fingerprint density at radius 3 is 2.75 bits per heavy atom. The first-order valence-electron chi connectivity index (χ1n) is 8.41. The van der Waals surface area contributed by atoms with Crippen LogP contribution in [0.3, 0.4) is 0 Å². The van der Waals surface area contributed by atoms with E-state index in [1.807, 2.05) is 25.4 Å². The predicted octanol–water partition coefficient (Wildman–Crippen LogP) is 2.28. The standard InChI is InChI=1S/C19H23N3O2/c1-14-6-3-4-7-16(14)8-5-9-22-18(23)11-17(19(22)24)10-15-12-20-21(2)13-15/h3-4,6-7,12-13,17H,5,8-11H2,1-2H3/t17-/m1/s1. The maximum atomic E-state index is 12.5. The highest BCUT2D eigenvalue weighted by Gasteiger charge is 2.38. The number of carbonyl (C=O) groups excluding carboxylic acids is 2. The third kappa shape index (κ3) is 3.55. The number of carbonyl (C=O) groups is 2. The number of rotatable bonds is 6. The van der Waals surface area contributed by atoms with Crippen molar-refractivity contribution >= 4 is 11.8 Å². The highest BCUT2D eigenvalue weighted by Crippen LogP contribution is 2.24. The molecule has 5 nitrogen and oxygen atoms in total. The lowest BCUT2D eigenvalue weighted by Crippen LogP contribution is -2.32. The average molecular weight is 325 g/mol. The monoisotopic (exact) mass is 325 g/mol. The van der Waals surface area contributed by atoms with Crippen LogP contribution in [0.5, 0.6) is 0 Å². The van der Waals surface area contributed by atoms with Crippen molar-refractivity contribution in [3.05, 3.63) is 53.3 Å². The summed E-state index contributed by atoms with van der Waals surface area (Å²) >= 11 is 0. The summed E-state index contributed by atoms with van der Waals surface area (Å²) in [7, 11) is 1.85. The zero-order valence-corrected chi connectivity index (χ0v) is 14.2. The molecule has 0 bridgehead atoms. The van der Waals surface area contributed by atoms with Crippen molar-refractivity contribution in [1.29, 1.82) is 0 Å². The largest absolute Gasteiger partial charge is 0.282 e. The summed E-state index contributed by atoms with van der Waals surface area (Å²) in [6.45, 7) is 2.60. The Kier molecular flexibility index (Phi) is 4.79. The van der Waals surface area contributed by atoms with Crippen LogP contribution in [0.2, 0.25) is 0 Å². The Balaban J connectivity index is 1.55. The van der Waals surface area contributed by atoms with Crippen molar-refractivity contribution in [2.75, 3.05) is 6.54 Å². The summed E-state index contributed by atoms with van der Waals surface area (Å²) in [5.74, 6) is -0.313. The molecule has 0 saturated carbocycles. The maximum absolute atomic E-state index is 12.5. The van der Waals surface area contributed by atoms with Crippen LogP contribution in [-0.2, 0) is 29.5 Å². The Bertz CT molecular complexity index is 751. The molecule has 2 heterocycles. The van der Waals surface area contributed by atoms with E-state index in [0.717, 1.165) is 18.4 Å². The van der Waals surface area contributed by atoms with Gasteiger partial charge >= 0.3 is 0 Å². The number of nitrogens with zero attached hydrogens (tertiary/aromatic N) is 3. The molecule has 0 aliphatic carbocycles. The van der Waals surface area contributed by atoms with Gasteiger partial charge in [-0.15, -0.1) is 0 Å². The van der Waals surface area contributed by atoms with E-state index < -0.39 is 0 Å². The second kappa shape index (κ2) is 6.99.